The van der Waals surface area contributed by atoms with Gasteiger partial charge in [0.25, 0.3) is 0 Å². The van der Waals surface area contributed by atoms with Crippen molar-refractivity contribution in [1.82, 2.24) is 0 Å². The van der Waals surface area contributed by atoms with Crippen LogP contribution >= 0.6 is 0 Å². The highest BCUT2D eigenvalue weighted by atomic mass is 16.5. The van der Waals surface area contributed by atoms with E-state index in [-0.39, 0.29) is 0 Å². The summed E-state index contributed by atoms with van der Waals surface area (Å²) in [6, 6.07) is 15.2. The summed E-state index contributed by atoms with van der Waals surface area (Å²) < 4.78 is 10.3. The quantitative estimate of drug-likeness (QED) is 0.770. The SMILES string of the molecule is C=COc1ccc(Nc2ccc(OC=C)cc2)cc1. The molecule has 96 valence electrons. The number of nitrogens with one attached hydrogen (secondary N) is 1. The van der Waals surface area contributed by atoms with E-state index in [4.69, 9.17) is 9.47 Å². The molecule has 0 saturated heterocycles. The van der Waals surface area contributed by atoms with Gasteiger partial charge < -0.3 is 14.8 Å². The van der Waals surface area contributed by atoms with Gasteiger partial charge in [-0.1, -0.05) is 13.2 Å². The molecule has 2 rings (SSSR count). The molecule has 0 aromatic heterocycles. The van der Waals surface area contributed by atoms with Gasteiger partial charge >= 0.3 is 0 Å². The highest BCUT2D eigenvalue weighted by Crippen LogP contribution is 2.22. The summed E-state index contributed by atoms with van der Waals surface area (Å²) in [6.07, 6.45) is 2.81. The third-order valence-electron chi connectivity index (χ3n) is 2.44. The average Bonchev–Trinajstić information content (AvgIpc) is 2.44. The molecule has 0 aliphatic rings. The first kappa shape index (κ1) is 12.8. The number of hydrogen-bond acceptors (Lipinski definition) is 3. The Labute approximate surface area is 112 Å². The van der Waals surface area contributed by atoms with Crippen molar-refractivity contribution >= 4 is 11.4 Å². The summed E-state index contributed by atoms with van der Waals surface area (Å²) in [5.74, 6) is 1.52. The first-order chi connectivity index (χ1) is 9.31. The van der Waals surface area contributed by atoms with Crippen molar-refractivity contribution in [3.63, 3.8) is 0 Å². The molecule has 19 heavy (non-hydrogen) atoms. The summed E-state index contributed by atoms with van der Waals surface area (Å²) in [5, 5.41) is 3.28. The molecular weight excluding hydrogens is 238 g/mol. The Bertz CT molecular complexity index is 492. The second-order valence-corrected chi connectivity index (χ2v) is 3.74. The molecule has 0 amide bonds. The molecule has 2 aromatic rings. The molecule has 0 unspecified atom stereocenters. The van der Waals surface area contributed by atoms with Gasteiger partial charge in [0, 0.05) is 11.4 Å². The van der Waals surface area contributed by atoms with E-state index in [1.165, 1.54) is 12.5 Å². The van der Waals surface area contributed by atoms with Crippen molar-refractivity contribution in [2.75, 3.05) is 5.32 Å². The van der Waals surface area contributed by atoms with Gasteiger partial charge in [-0.2, -0.15) is 0 Å². The fraction of sp³-hybridized carbons (Fsp3) is 0. The van der Waals surface area contributed by atoms with Crippen LogP contribution in [0.4, 0.5) is 11.4 Å². The molecule has 0 aliphatic heterocycles. The van der Waals surface area contributed by atoms with Gasteiger partial charge in [0.05, 0.1) is 12.5 Å². The summed E-state index contributed by atoms with van der Waals surface area (Å²) >= 11 is 0. The van der Waals surface area contributed by atoms with E-state index < -0.39 is 0 Å². The molecule has 0 radical (unpaired) electrons. The van der Waals surface area contributed by atoms with Crippen LogP contribution in [0.25, 0.3) is 0 Å². The molecule has 0 fully saturated rings. The zero-order valence-corrected chi connectivity index (χ0v) is 10.5. The van der Waals surface area contributed by atoms with Crippen LogP contribution in [0.3, 0.4) is 0 Å². The second-order valence-electron chi connectivity index (χ2n) is 3.74. The van der Waals surface area contributed by atoms with E-state index in [0.717, 1.165) is 22.9 Å². The predicted molar refractivity (Wildman–Crippen MR) is 77.8 cm³/mol. The van der Waals surface area contributed by atoms with Crippen LogP contribution < -0.4 is 14.8 Å². The number of hydrogen-bond donors (Lipinski definition) is 1. The fourth-order valence-corrected chi connectivity index (χ4v) is 1.59. The molecule has 0 heterocycles. The lowest BCUT2D eigenvalue weighted by Gasteiger charge is -2.08. The lowest BCUT2D eigenvalue weighted by atomic mass is 10.2. The van der Waals surface area contributed by atoms with Gasteiger partial charge in [-0.25, -0.2) is 0 Å². The third kappa shape index (κ3) is 3.64. The number of anilines is 2. The van der Waals surface area contributed by atoms with Crippen molar-refractivity contribution in [3.8, 4) is 11.5 Å². The Morgan fingerprint density at radius 3 is 1.37 bits per heavy atom. The van der Waals surface area contributed by atoms with Crippen molar-refractivity contribution in [3.05, 3.63) is 74.2 Å². The summed E-state index contributed by atoms with van der Waals surface area (Å²) in [4.78, 5) is 0. The van der Waals surface area contributed by atoms with Crippen molar-refractivity contribution in [1.29, 1.82) is 0 Å². The average molecular weight is 253 g/mol. The van der Waals surface area contributed by atoms with E-state index in [9.17, 15) is 0 Å². The molecule has 0 atom stereocenters. The number of ether oxygens (including phenoxy) is 2. The van der Waals surface area contributed by atoms with Crippen LogP contribution in [0.2, 0.25) is 0 Å². The highest BCUT2D eigenvalue weighted by molar-refractivity contribution is 5.61. The van der Waals surface area contributed by atoms with E-state index in [0.29, 0.717) is 0 Å². The second kappa shape index (κ2) is 6.31. The number of rotatable bonds is 6. The zero-order valence-electron chi connectivity index (χ0n) is 10.5. The van der Waals surface area contributed by atoms with E-state index in [1.807, 2.05) is 48.5 Å². The smallest absolute Gasteiger partial charge is 0.126 e. The topological polar surface area (TPSA) is 30.5 Å². The van der Waals surface area contributed by atoms with Gasteiger partial charge in [-0.05, 0) is 48.5 Å². The van der Waals surface area contributed by atoms with E-state index >= 15 is 0 Å². The van der Waals surface area contributed by atoms with Crippen LogP contribution in [-0.4, -0.2) is 0 Å². The highest BCUT2D eigenvalue weighted by Gasteiger charge is 1.97. The summed E-state index contributed by atoms with van der Waals surface area (Å²) in [6.45, 7) is 7.03. The van der Waals surface area contributed by atoms with Gasteiger partial charge in [-0.3, -0.25) is 0 Å². The number of benzene rings is 2. The van der Waals surface area contributed by atoms with Crippen molar-refractivity contribution < 1.29 is 9.47 Å². The monoisotopic (exact) mass is 253 g/mol. The maximum absolute atomic E-state index is 5.16. The van der Waals surface area contributed by atoms with Gasteiger partial charge in [0.1, 0.15) is 11.5 Å². The zero-order chi connectivity index (χ0) is 13.5. The van der Waals surface area contributed by atoms with E-state index in [1.54, 1.807) is 0 Å². The summed E-state index contributed by atoms with van der Waals surface area (Å²) in [7, 11) is 0. The van der Waals surface area contributed by atoms with Gasteiger partial charge in [-0.15, -0.1) is 0 Å². The van der Waals surface area contributed by atoms with Crippen LogP contribution in [0.1, 0.15) is 0 Å². The Balaban J connectivity index is 2.03. The normalized spacial score (nSPS) is 9.47. The lowest BCUT2D eigenvalue weighted by molar-refractivity contribution is 0.483. The van der Waals surface area contributed by atoms with E-state index in [2.05, 4.69) is 18.5 Å². The fourth-order valence-electron chi connectivity index (χ4n) is 1.59. The first-order valence-corrected chi connectivity index (χ1v) is 5.84. The predicted octanol–water partition coefficient (Wildman–Crippen LogP) is 4.47. The van der Waals surface area contributed by atoms with Crippen molar-refractivity contribution in [2.24, 2.45) is 0 Å². The maximum Gasteiger partial charge on any atom is 0.126 e. The summed E-state index contributed by atoms with van der Waals surface area (Å²) in [5.41, 5.74) is 1.96. The molecule has 0 aliphatic carbocycles. The molecule has 0 spiro atoms. The Morgan fingerprint density at radius 1 is 0.684 bits per heavy atom. The Hall–Kier alpha value is -2.68. The van der Waals surface area contributed by atoms with Crippen LogP contribution in [-0.2, 0) is 0 Å². The molecule has 0 bridgehead atoms. The largest absolute Gasteiger partial charge is 0.466 e. The molecule has 0 saturated carbocycles. The van der Waals surface area contributed by atoms with Crippen molar-refractivity contribution in [2.45, 2.75) is 0 Å². The van der Waals surface area contributed by atoms with Crippen LogP contribution in [0.5, 0.6) is 11.5 Å². The lowest BCUT2D eigenvalue weighted by Crippen LogP contribution is -1.90. The van der Waals surface area contributed by atoms with Gasteiger partial charge in [0.15, 0.2) is 0 Å². The Kier molecular flexibility index (Phi) is 4.24. The molecular formula is C16H15NO2. The molecule has 2 aromatic carbocycles. The molecule has 3 heteroatoms. The van der Waals surface area contributed by atoms with Gasteiger partial charge in [0.2, 0.25) is 0 Å². The van der Waals surface area contributed by atoms with Crippen LogP contribution in [0, 0.1) is 0 Å². The van der Waals surface area contributed by atoms with Crippen LogP contribution in [0.15, 0.2) is 74.2 Å². The minimum Gasteiger partial charge on any atom is -0.466 e. The Morgan fingerprint density at radius 2 is 1.05 bits per heavy atom. The minimum atomic E-state index is 0.760. The standard InChI is InChI=1S/C16H15NO2/c1-3-18-15-9-5-13(6-10-15)17-14-7-11-16(12-8-14)19-4-2/h3-12,17H,1-2H2. The minimum absolute atomic E-state index is 0.760. The maximum atomic E-state index is 5.16. The molecule has 1 N–H and O–H groups in total. The third-order valence-corrected chi connectivity index (χ3v) is 2.44. The first-order valence-electron chi connectivity index (χ1n) is 5.84. The molecule has 3 nitrogen and oxygen atoms in total.